The molecular weight excluding hydrogens is 314 g/mol. The number of thioether (sulfide) groups is 1. The number of hydrogen-bond donors (Lipinski definition) is 1. The maximum atomic E-state index is 5.20. The number of halogens is 1. The van der Waals surface area contributed by atoms with Gasteiger partial charge in [-0.05, 0) is 41.4 Å². The van der Waals surface area contributed by atoms with Crippen molar-refractivity contribution in [1.29, 1.82) is 0 Å². The summed E-state index contributed by atoms with van der Waals surface area (Å²) in [6, 6.07) is 0. The first-order chi connectivity index (χ1) is 8.76. The average molecular weight is 332 g/mol. The third kappa shape index (κ3) is 3.16. The summed E-state index contributed by atoms with van der Waals surface area (Å²) in [5.41, 5.74) is 0.922. The van der Waals surface area contributed by atoms with Crippen molar-refractivity contribution in [3.63, 3.8) is 0 Å². The molecule has 1 unspecified atom stereocenters. The van der Waals surface area contributed by atoms with Crippen LogP contribution in [0, 0.1) is 0 Å². The lowest BCUT2D eigenvalue weighted by atomic mass is 10.2. The Morgan fingerprint density at radius 1 is 1.50 bits per heavy atom. The van der Waals surface area contributed by atoms with Gasteiger partial charge >= 0.3 is 0 Å². The molecule has 2 rings (SSSR count). The fourth-order valence-electron chi connectivity index (χ4n) is 1.95. The highest BCUT2D eigenvalue weighted by Gasteiger charge is 2.23. The van der Waals surface area contributed by atoms with Crippen molar-refractivity contribution < 1.29 is 4.74 Å². The predicted molar refractivity (Wildman–Crippen MR) is 79.0 cm³/mol. The number of ether oxygens (including phenoxy) is 1. The maximum Gasteiger partial charge on any atom is 0.144 e. The van der Waals surface area contributed by atoms with Crippen LogP contribution in [-0.4, -0.2) is 29.4 Å². The fourth-order valence-corrected chi connectivity index (χ4v) is 3.59. The molecule has 0 spiro atoms. The topological polar surface area (TPSA) is 47.0 Å². The summed E-state index contributed by atoms with van der Waals surface area (Å²) in [6.07, 6.45) is 2.43. The van der Waals surface area contributed by atoms with Gasteiger partial charge < -0.3 is 10.1 Å². The zero-order valence-corrected chi connectivity index (χ0v) is 13.1. The summed E-state index contributed by atoms with van der Waals surface area (Å²) in [6.45, 7) is 3.42. The van der Waals surface area contributed by atoms with Gasteiger partial charge in [0.2, 0.25) is 0 Å². The van der Waals surface area contributed by atoms with E-state index < -0.39 is 0 Å². The Kier molecular flexibility index (Phi) is 5.26. The standard InChI is InChI=1S/C12H18BrN3OS/c1-3-14-12-10(13)8(7-17-2)15-11(16-12)9-5-4-6-18-9/h9H,3-7H2,1-2H3,(H,14,15,16). The lowest BCUT2D eigenvalue weighted by Gasteiger charge is -2.14. The highest BCUT2D eigenvalue weighted by molar-refractivity contribution is 9.10. The van der Waals surface area contributed by atoms with Crippen molar-refractivity contribution in [3.8, 4) is 0 Å². The summed E-state index contributed by atoms with van der Waals surface area (Å²) in [5, 5.41) is 3.71. The molecule has 1 aromatic rings. The lowest BCUT2D eigenvalue weighted by molar-refractivity contribution is 0.180. The molecule has 0 aliphatic carbocycles. The van der Waals surface area contributed by atoms with Crippen LogP contribution in [0.2, 0.25) is 0 Å². The molecule has 1 atom stereocenters. The third-order valence-corrected chi connectivity index (χ3v) is 4.99. The van der Waals surface area contributed by atoms with E-state index in [0.717, 1.165) is 28.4 Å². The summed E-state index contributed by atoms with van der Waals surface area (Å²) in [7, 11) is 1.69. The molecule has 0 saturated carbocycles. The molecule has 0 radical (unpaired) electrons. The average Bonchev–Trinajstić information content (AvgIpc) is 2.88. The summed E-state index contributed by atoms with van der Waals surface area (Å²) in [4.78, 5) is 9.28. The van der Waals surface area contributed by atoms with Gasteiger partial charge in [0, 0.05) is 13.7 Å². The fraction of sp³-hybridized carbons (Fsp3) is 0.667. The van der Waals surface area contributed by atoms with Crippen LogP contribution in [0.4, 0.5) is 5.82 Å². The molecule has 0 bridgehead atoms. The van der Waals surface area contributed by atoms with Crippen molar-refractivity contribution in [1.82, 2.24) is 9.97 Å². The molecule has 2 heterocycles. The zero-order chi connectivity index (χ0) is 13.0. The van der Waals surface area contributed by atoms with E-state index in [1.807, 2.05) is 11.8 Å². The predicted octanol–water partition coefficient (Wildman–Crippen LogP) is 3.39. The van der Waals surface area contributed by atoms with Gasteiger partial charge in [-0.2, -0.15) is 11.8 Å². The number of nitrogens with zero attached hydrogens (tertiary/aromatic N) is 2. The smallest absolute Gasteiger partial charge is 0.144 e. The van der Waals surface area contributed by atoms with Crippen LogP contribution in [0.25, 0.3) is 0 Å². The summed E-state index contributed by atoms with van der Waals surface area (Å²) < 4.78 is 6.12. The minimum atomic E-state index is 0.436. The van der Waals surface area contributed by atoms with Gasteiger partial charge in [-0.15, -0.1) is 0 Å². The number of aromatic nitrogens is 2. The molecule has 1 fully saturated rings. The molecule has 1 aliphatic rings. The Bertz CT molecular complexity index is 383. The molecule has 1 aliphatic heterocycles. The lowest BCUT2D eigenvalue weighted by Crippen LogP contribution is -2.09. The molecular formula is C12H18BrN3OS. The van der Waals surface area contributed by atoms with E-state index in [4.69, 9.17) is 4.74 Å². The van der Waals surface area contributed by atoms with E-state index in [0.29, 0.717) is 11.9 Å². The molecule has 0 aromatic carbocycles. The highest BCUT2D eigenvalue weighted by atomic mass is 79.9. The normalized spacial score (nSPS) is 19.2. The van der Waals surface area contributed by atoms with Gasteiger partial charge in [0.05, 0.1) is 22.0 Å². The SMILES string of the molecule is CCNc1nc(C2CCCS2)nc(COC)c1Br. The second-order valence-electron chi connectivity index (χ2n) is 4.16. The second-order valence-corrected chi connectivity index (χ2v) is 6.26. The molecule has 100 valence electrons. The first kappa shape index (κ1) is 14.1. The van der Waals surface area contributed by atoms with E-state index >= 15 is 0 Å². The van der Waals surface area contributed by atoms with Crippen LogP contribution in [0.1, 0.15) is 36.5 Å². The second kappa shape index (κ2) is 6.73. The molecule has 4 nitrogen and oxygen atoms in total. The molecule has 6 heteroatoms. The Morgan fingerprint density at radius 2 is 2.33 bits per heavy atom. The monoisotopic (exact) mass is 331 g/mol. The first-order valence-corrected chi connectivity index (χ1v) is 8.01. The third-order valence-electron chi connectivity index (χ3n) is 2.78. The van der Waals surface area contributed by atoms with Crippen LogP contribution in [0.3, 0.4) is 0 Å². The van der Waals surface area contributed by atoms with Crippen molar-refractivity contribution in [2.24, 2.45) is 0 Å². The highest BCUT2D eigenvalue weighted by Crippen LogP contribution is 2.39. The number of nitrogens with one attached hydrogen (secondary N) is 1. The number of anilines is 1. The van der Waals surface area contributed by atoms with Crippen LogP contribution in [-0.2, 0) is 11.3 Å². The molecule has 18 heavy (non-hydrogen) atoms. The van der Waals surface area contributed by atoms with E-state index in [1.165, 1.54) is 18.6 Å². The number of methoxy groups -OCH3 is 1. The van der Waals surface area contributed by atoms with E-state index in [9.17, 15) is 0 Å². The Hall–Kier alpha value is -0.330. The van der Waals surface area contributed by atoms with Crippen molar-refractivity contribution in [2.75, 3.05) is 24.7 Å². The molecule has 0 amide bonds. The maximum absolute atomic E-state index is 5.20. The van der Waals surface area contributed by atoms with Crippen LogP contribution >= 0.6 is 27.7 Å². The molecule has 1 N–H and O–H groups in total. The van der Waals surface area contributed by atoms with E-state index in [2.05, 4.69) is 38.1 Å². The minimum Gasteiger partial charge on any atom is -0.378 e. The summed E-state index contributed by atoms with van der Waals surface area (Å²) in [5.74, 6) is 3.02. The van der Waals surface area contributed by atoms with Gasteiger partial charge in [0.15, 0.2) is 0 Å². The van der Waals surface area contributed by atoms with Crippen LogP contribution < -0.4 is 5.32 Å². The van der Waals surface area contributed by atoms with Gasteiger partial charge in [-0.3, -0.25) is 0 Å². The van der Waals surface area contributed by atoms with E-state index in [-0.39, 0.29) is 0 Å². The van der Waals surface area contributed by atoms with Gasteiger partial charge in [-0.1, -0.05) is 0 Å². The van der Waals surface area contributed by atoms with Crippen molar-refractivity contribution in [2.45, 2.75) is 31.6 Å². The van der Waals surface area contributed by atoms with Crippen LogP contribution in [0.15, 0.2) is 4.47 Å². The Morgan fingerprint density at radius 3 is 2.94 bits per heavy atom. The van der Waals surface area contributed by atoms with Crippen molar-refractivity contribution >= 4 is 33.5 Å². The zero-order valence-electron chi connectivity index (χ0n) is 10.7. The number of rotatable bonds is 5. The Balaban J connectivity index is 2.33. The van der Waals surface area contributed by atoms with Crippen LogP contribution in [0.5, 0.6) is 0 Å². The van der Waals surface area contributed by atoms with E-state index in [1.54, 1.807) is 7.11 Å². The minimum absolute atomic E-state index is 0.436. The number of hydrogen-bond acceptors (Lipinski definition) is 5. The first-order valence-electron chi connectivity index (χ1n) is 6.17. The van der Waals surface area contributed by atoms with Crippen molar-refractivity contribution in [3.05, 3.63) is 16.0 Å². The van der Waals surface area contributed by atoms with Gasteiger partial charge in [0.1, 0.15) is 11.6 Å². The largest absolute Gasteiger partial charge is 0.378 e. The molecule has 1 saturated heterocycles. The Labute approximate surface area is 120 Å². The summed E-state index contributed by atoms with van der Waals surface area (Å²) >= 11 is 5.50. The van der Waals surface area contributed by atoms with Gasteiger partial charge in [-0.25, -0.2) is 9.97 Å². The quantitative estimate of drug-likeness (QED) is 0.896. The van der Waals surface area contributed by atoms with Gasteiger partial charge in [0.25, 0.3) is 0 Å². The molecule has 1 aromatic heterocycles.